The summed E-state index contributed by atoms with van der Waals surface area (Å²) in [6, 6.07) is 6.20. The minimum atomic E-state index is -0.370. The molecular formula is C15H23BO3. The maximum atomic E-state index is 6.06. The summed E-state index contributed by atoms with van der Waals surface area (Å²) in [5, 5.41) is 0. The number of rotatable bonds is 3. The molecule has 0 aliphatic carbocycles. The number of benzene rings is 1. The normalized spacial score (nSPS) is 20.6. The van der Waals surface area contributed by atoms with E-state index in [9.17, 15) is 0 Å². The van der Waals surface area contributed by atoms with E-state index < -0.39 is 0 Å². The molecule has 0 amide bonds. The van der Waals surface area contributed by atoms with Gasteiger partial charge in [-0.15, -0.1) is 0 Å². The fraction of sp³-hybridized carbons (Fsp3) is 0.600. The molecule has 1 aliphatic heterocycles. The fourth-order valence-corrected chi connectivity index (χ4v) is 2.14. The van der Waals surface area contributed by atoms with Gasteiger partial charge in [0, 0.05) is 5.46 Å². The second kappa shape index (κ2) is 4.84. The highest BCUT2D eigenvalue weighted by atomic mass is 16.7. The molecule has 1 saturated heterocycles. The van der Waals surface area contributed by atoms with E-state index in [0.717, 1.165) is 17.6 Å². The molecule has 0 saturated carbocycles. The van der Waals surface area contributed by atoms with Crippen LogP contribution in [-0.2, 0) is 15.7 Å². The Morgan fingerprint density at radius 3 is 2.16 bits per heavy atom. The maximum Gasteiger partial charge on any atom is 0.498 e. The first-order valence-corrected chi connectivity index (χ1v) is 6.83. The molecule has 1 aliphatic rings. The van der Waals surface area contributed by atoms with E-state index in [1.54, 1.807) is 7.11 Å². The zero-order valence-corrected chi connectivity index (χ0v) is 12.7. The Morgan fingerprint density at radius 1 is 1.11 bits per heavy atom. The molecule has 4 heteroatoms. The summed E-state index contributed by atoms with van der Waals surface area (Å²) in [6.07, 6.45) is 0.986. The van der Waals surface area contributed by atoms with E-state index >= 15 is 0 Å². The SMILES string of the molecule is CCc1ccc(B2OC(C)(C)C(C)(C)O2)c(OC)c1. The van der Waals surface area contributed by atoms with Gasteiger partial charge in [-0.1, -0.05) is 19.1 Å². The second-order valence-electron chi connectivity index (χ2n) is 6.02. The zero-order chi connectivity index (χ0) is 14.3. The molecule has 0 atom stereocenters. The van der Waals surface area contributed by atoms with Crippen molar-refractivity contribution in [3.05, 3.63) is 23.8 Å². The predicted molar refractivity (Wildman–Crippen MR) is 78.1 cm³/mol. The molecule has 1 fully saturated rings. The van der Waals surface area contributed by atoms with E-state index in [0.29, 0.717) is 0 Å². The van der Waals surface area contributed by atoms with E-state index in [4.69, 9.17) is 14.0 Å². The Bertz CT molecular complexity index is 452. The van der Waals surface area contributed by atoms with E-state index in [-0.39, 0.29) is 18.3 Å². The van der Waals surface area contributed by atoms with Crippen molar-refractivity contribution in [2.24, 2.45) is 0 Å². The van der Waals surface area contributed by atoms with E-state index in [1.165, 1.54) is 5.56 Å². The highest BCUT2D eigenvalue weighted by Gasteiger charge is 2.52. The first kappa shape index (κ1) is 14.4. The van der Waals surface area contributed by atoms with Crippen molar-refractivity contribution in [2.75, 3.05) is 7.11 Å². The largest absolute Gasteiger partial charge is 0.498 e. The van der Waals surface area contributed by atoms with Crippen LogP contribution in [0.4, 0.5) is 0 Å². The van der Waals surface area contributed by atoms with Gasteiger partial charge in [0.25, 0.3) is 0 Å². The summed E-state index contributed by atoms with van der Waals surface area (Å²) in [5.41, 5.74) is 1.55. The molecule has 1 heterocycles. The summed E-state index contributed by atoms with van der Waals surface area (Å²) in [6.45, 7) is 10.3. The molecule has 1 aromatic rings. The zero-order valence-electron chi connectivity index (χ0n) is 12.7. The van der Waals surface area contributed by atoms with Gasteiger partial charge in [-0.2, -0.15) is 0 Å². The van der Waals surface area contributed by atoms with Crippen molar-refractivity contribution in [2.45, 2.75) is 52.2 Å². The van der Waals surface area contributed by atoms with Crippen LogP contribution in [0.15, 0.2) is 18.2 Å². The molecule has 2 rings (SSSR count). The lowest BCUT2D eigenvalue weighted by Crippen LogP contribution is -2.41. The molecule has 0 radical (unpaired) electrons. The van der Waals surface area contributed by atoms with Crippen LogP contribution in [0.5, 0.6) is 5.75 Å². The summed E-state index contributed by atoms with van der Waals surface area (Å²) in [5.74, 6) is 0.831. The van der Waals surface area contributed by atoms with Gasteiger partial charge < -0.3 is 14.0 Å². The van der Waals surface area contributed by atoms with Crippen molar-refractivity contribution in [3.63, 3.8) is 0 Å². The van der Waals surface area contributed by atoms with Crippen LogP contribution in [0.2, 0.25) is 0 Å². The van der Waals surface area contributed by atoms with Gasteiger partial charge in [0.05, 0.1) is 18.3 Å². The molecule has 3 nitrogen and oxygen atoms in total. The Balaban J connectivity index is 2.34. The molecular weight excluding hydrogens is 239 g/mol. The third kappa shape index (κ3) is 2.52. The average Bonchev–Trinajstić information content (AvgIpc) is 2.57. The third-order valence-electron chi connectivity index (χ3n) is 4.21. The molecule has 0 N–H and O–H groups in total. The van der Waals surface area contributed by atoms with Crippen molar-refractivity contribution in [3.8, 4) is 5.75 Å². The van der Waals surface area contributed by atoms with Gasteiger partial charge >= 0.3 is 7.12 Å². The highest BCUT2D eigenvalue weighted by Crippen LogP contribution is 2.37. The van der Waals surface area contributed by atoms with Gasteiger partial charge in [0.15, 0.2) is 0 Å². The lowest BCUT2D eigenvalue weighted by molar-refractivity contribution is 0.00578. The summed E-state index contributed by atoms with van der Waals surface area (Å²) < 4.78 is 17.6. The van der Waals surface area contributed by atoms with Crippen LogP contribution in [-0.4, -0.2) is 25.4 Å². The predicted octanol–water partition coefficient (Wildman–Crippen LogP) is 2.56. The summed E-state index contributed by atoms with van der Waals surface area (Å²) in [7, 11) is 1.31. The molecule has 19 heavy (non-hydrogen) atoms. The Labute approximate surface area is 116 Å². The maximum absolute atomic E-state index is 6.06. The first-order valence-electron chi connectivity index (χ1n) is 6.83. The molecule has 1 aromatic carbocycles. The van der Waals surface area contributed by atoms with Gasteiger partial charge in [0.2, 0.25) is 0 Å². The molecule has 0 aromatic heterocycles. The number of methoxy groups -OCH3 is 1. The molecule has 0 unspecified atom stereocenters. The molecule has 104 valence electrons. The molecule has 0 spiro atoms. The van der Waals surface area contributed by atoms with Gasteiger partial charge in [0.1, 0.15) is 5.75 Å². The number of ether oxygens (including phenoxy) is 1. The minimum absolute atomic E-state index is 0.327. The third-order valence-corrected chi connectivity index (χ3v) is 4.21. The van der Waals surface area contributed by atoms with Gasteiger partial charge in [-0.05, 0) is 45.7 Å². The standard InChI is InChI=1S/C15H23BO3/c1-7-11-8-9-12(13(10-11)17-6)16-18-14(2,3)15(4,5)19-16/h8-10H,7H2,1-6H3. The highest BCUT2D eigenvalue weighted by molar-refractivity contribution is 6.63. The van der Waals surface area contributed by atoms with Crippen LogP contribution < -0.4 is 10.2 Å². The van der Waals surface area contributed by atoms with E-state index in [1.807, 2.05) is 6.07 Å². The fourth-order valence-electron chi connectivity index (χ4n) is 2.14. The first-order chi connectivity index (χ1) is 8.80. The van der Waals surface area contributed by atoms with Gasteiger partial charge in [-0.3, -0.25) is 0 Å². The quantitative estimate of drug-likeness (QED) is 0.783. The Morgan fingerprint density at radius 2 is 1.68 bits per heavy atom. The Kier molecular flexibility index (Phi) is 3.67. The summed E-state index contributed by atoms with van der Waals surface area (Å²) in [4.78, 5) is 0. The lowest BCUT2D eigenvalue weighted by atomic mass is 9.78. The topological polar surface area (TPSA) is 27.7 Å². The lowest BCUT2D eigenvalue weighted by Gasteiger charge is -2.32. The average molecular weight is 262 g/mol. The van der Waals surface area contributed by atoms with E-state index in [2.05, 4.69) is 46.8 Å². The second-order valence-corrected chi connectivity index (χ2v) is 6.02. The van der Waals surface area contributed by atoms with Crippen LogP contribution in [0.3, 0.4) is 0 Å². The monoisotopic (exact) mass is 262 g/mol. The smallest absolute Gasteiger partial charge is 0.497 e. The minimum Gasteiger partial charge on any atom is -0.497 e. The van der Waals surface area contributed by atoms with Crippen LogP contribution in [0.25, 0.3) is 0 Å². The van der Waals surface area contributed by atoms with Crippen molar-refractivity contribution < 1.29 is 14.0 Å². The number of hydrogen-bond donors (Lipinski definition) is 0. The van der Waals surface area contributed by atoms with Crippen LogP contribution >= 0.6 is 0 Å². The number of aryl methyl sites for hydroxylation is 1. The number of hydrogen-bond acceptors (Lipinski definition) is 3. The summed E-state index contributed by atoms with van der Waals surface area (Å²) >= 11 is 0. The van der Waals surface area contributed by atoms with Gasteiger partial charge in [-0.25, -0.2) is 0 Å². The molecule has 0 bridgehead atoms. The Hall–Kier alpha value is -0.995. The van der Waals surface area contributed by atoms with Crippen LogP contribution in [0, 0.1) is 0 Å². The van der Waals surface area contributed by atoms with Crippen molar-refractivity contribution in [1.29, 1.82) is 0 Å². The van der Waals surface area contributed by atoms with Crippen molar-refractivity contribution in [1.82, 2.24) is 0 Å². The van der Waals surface area contributed by atoms with Crippen LogP contribution in [0.1, 0.15) is 40.2 Å². The van der Waals surface area contributed by atoms with Crippen molar-refractivity contribution >= 4 is 12.6 Å².